The third-order valence-electron chi connectivity index (χ3n) is 8.95. The molecule has 2 amide bonds. The number of fused-ring (bicyclic) bond motifs is 1. The molecule has 6 rings (SSSR count). The first-order valence-electron chi connectivity index (χ1n) is 12.4. The highest BCUT2D eigenvalue weighted by atomic mass is 16.2. The van der Waals surface area contributed by atoms with Crippen LogP contribution >= 0.6 is 0 Å². The molecule has 4 heteroatoms. The van der Waals surface area contributed by atoms with E-state index in [1.54, 1.807) is 0 Å². The van der Waals surface area contributed by atoms with Crippen LogP contribution in [0.5, 0.6) is 0 Å². The molecule has 0 unspecified atom stereocenters. The number of nitrogens with zero attached hydrogens (tertiary/aromatic N) is 1. The van der Waals surface area contributed by atoms with Crippen LogP contribution in [0.4, 0.5) is 0 Å². The van der Waals surface area contributed by atoms with Gasteiger partial charge in [-0.05, 0) is 102 Å². The molecule has 3 atom stereocenters. The van der Waals surface area contributed by atoms with E-state index < -0.39 is 0 Å². The lowest BCUT2D eigenvalue weighted by Gasteiger charge is -2.58. The second-order valence-electron chi connectivity index (χ2n) is 12.5. The van der Waals surface area contributed by atoms with Gasteiger partial charge in [0.2, 0.25) is 11.8 Å². The van der Waals surface area contributed by atoms with Crippen molar-refractivity contribution in [2.45, 2.75) is 103 Å². The first kappa shape index (κ1) is 19.9. The van der Waals surface area contributed by atoms with E-state index in [0.29, 0.717) is 17.7 Å². The van der Waals surface area contributed by atoms with Crippen molar-refractivity contribution in [3.8, 4) is 0 Å². The number of rotatable bonds is 2. The van der Waals surface area contributed by atoms with Gasteiger partial charge >= 0.3 is 0 Å². The second kappa shape index (κ2) is 6.99. The SMILES string of the molecule is CC(C)(C)NC(=O)[C@@H]1C[C@H]2CCCC[C@H]2CN1C(=O)C12CC3CC(CC(C3)C1)C2. The van der Waals surface area contributed by atoms with E-state index in [1.807, 2.05) is 20.8 Å². The van der Waals surface area contributed by atoms with Crippen LogP contribution in [-0.2, 0) is 9.59 Å². The third-order valence-corrected chi connectivity index (χ3v) is 8.95. The zero-order chi connectivity index (χ0) is 20.4. The first-order valence-corrected chi connectivity index (χ1v) is 12.4. The minimum absolute atomic E-state index is 0.0830. The van der Waals surface area contributed by atoms with Gasteiger partial charge in [-0.25, -0.2) is 0 Å². The Balaban J connectivity index is 1.42. The van der Waals surface area contributed by atoms with Gasteiger partial charge in [-0.2, -0.15) is 0 Å². The molecular formula is C25H40N2O2. The lowest BCUT2D eigenvalue weighted by Crippen LogP contribution is -2.63. The van der Waals surface area contributed by atoms with Gasteiger partial charge in [0.05, 0.1) is 5.41 Å². The summed E-state index contributed by atoms with van der Waals surface area (Å²) in [6, 6.07) is -0.255. The first-order chi connectivity index (χ1) is 13.7. The molecule has 0 radical (unpaired) electrons. The maximum absolute atomic E-state index is 14.2. The Kier molecular flexibility index (Phi) is 4.79. The molecule has 0 spiro atoms. The molecule has 5 aliphatic carbocycles. The molecule has 1 N–H and O–H groups in total. The summed E-state index contributed by atoms with van der Waals surface area (Å²) in [5.74, 6) is 3.97. The summed E-state index contributed by atoms with van der Waals surface area (Å²) >= 11 is 0. The maximum atomic E-state index is 14.2. The summed E-state index contributed by atoms with van der Waals surface area (Å²) in [4.78, 5) is 29.6. The molecule has 1 aliphatic heterocycles. The number of nitrogens with one attached hydrogen (secondary N) is 1. The number of hydrogen-bond acceptors (Lipinski definition) is 2. The summed E-state index contributed by atoms with van der Waals surface area (Å²) in [5, 5.41) is 3.21. The van der Waals surface area contributed by atoms with Crippen LogP contribution in [0.2, 0.25) is 0 Å². The Morgan fingerprint density at radius 2 is 1.41 bits per heavy atom. The monoisotopic (exact) mass is 400 g/mol. The molecule has 0 aromatic rings. The molecule has 4 bridgehead atoms. The van der Waals surface area contributed by atoms with Crippen LogP contribution in [0.1, 0.15) is 91.4 Å². The van der Waals surface area contributed by atoms with Crippen LogP contribution in [0.3, 0.4) is 0 Å². The molecule has 29 heavy (non-hydrogen) atoms. The number of hydrogen-bond donors (Lipinski definition) is 1. The van der Waals surface area contributed by atoms with Gasteiger partial charge in [0.25, 0.3) is 0 Å². The Morgan fingerprint density at radius 3 is 1.97 bits per heavy atom. The number of carbonyl (C=O) groups excluding carboxylic acids is 2. The molecule has 162 valence electrons. The lowest BCUT2D eigenvalue weighted by molar-refractivity contribution is -0.167. The Hall–Kier alpha value is -1.06. The van der Waals surface area contributed by atoms with E-state index in [9.17, 15) is 9.59 Å². The van der Waals surface area contributed by atoms with Crippen LogP contribution < -0.4 is 5.32 Å². The van der Waals surface area contributed by atoms with Crippen LogP contribution in [-0.4, -0.2) is 34.8 Å². The summed E-state index contributed by atoms with van der Waals surface area (Å²) in [7, 11) is 0. The van der Waals surface area contributed by atoms with Gasteiger partial charge in [0.15, 0.2) is 0 Å². The van der Waals surface area contributed by atoms with Crippen molar-refractivity contribution in [2.24, 2.45) is 35.0 Å². The predicted molar refractivity (Wildman–Crippen MR) is 114 cm³/mol. The number of likely N-dealkylation sites (tertiary alicyclic amines) is 1. The van der Waals surface area contributed by atoms with E-state index in [-0.39, 0.29) is 22.9 Å². The molecule has 1 heterocycles. The fourth-order valence-corrected chi connectivity index (χ4v) is 8.23. The molecule has 1 saturated heterocycles. The Labute approximate surface area is 176 Å². The summed E-state index contributed by atoms with van der Waals surface area (Å²) < 4.78 is 0. The molecule has 6 fully saturated rings. The minimum atomic E-state index is -0.255. The molecule has 5 saturated carbocycles. The van der Waals surface area contributed by atoms with E-state index in [2.05, 4.69) is 10.2 Å². The van der Waals surface area contributed by atoms with E-state index in [1.165, 1.54) is 44.9 Å². The van der Waals surface area contributed by atoms with Crippen molar-refractivity contribution >= 4 is 11.8 Å². The zero-order valence-electron chi connectivity index (χ0n) is 18.7. The van der Waals surface area contributed by atoms with E-state index in [0.717, 1.165) is 50.0 Å². The minimum Gasteiger partial charge on any atom is -0.350 e. The normalized spacial score (nSPS) is 43.8. The van der Waals surface area contributed by atoms with Crippen molar-refractivity contribution in [3.63, 3.8) is 0 Å². The fraction of sp³-hybridized carbons (Fsp3) is 0.920. The van der Waals surface area contributed by atoms with E-state index >= 15 is 0 Å². The standard InChI is InChI=1S/C25H40N2O2/c1-24(2,3)26-22(28)21-11-19-6-4-5-7-20(19)15-27(21)23(29)25-12-16-8-17(13-25)10-18(9-16)14-25/h16-21H,4-15H2,1-3H3,(H,26,28)/t16?,17?,18?,19-,20+,21+,25?/m1/s1. The number of piperidine rings is 1. The fourth-order valence-electron chi connectivity index (χ4n) is 8.23. The number of carbonyl (C=O) groups is 2. The highest BCUT2D eigenvalue weighted by molar-refractivity contribution is 5.91. The summed E-state index contributed by atoms with van der Waals surface area (Å²) in [6.45, 7) is 6.96. The highest BCUT2D eigenvalue weighted by Gasteiger charge is 2.57. The van der Waals surface area contributed by atoms with Crippen molar-refractivity contribution in [1.29, 1.82) is 0 Å². The molecular weight excluding hydrogens is 360 g/mol. The van der Waals surface area contributed by atoms with Gasteiger partial charge in [0, 0.05) is 12.1 Å². The van der Waals surface area contributed by atoms with Crippen molar-refractivity contribution in [1.82, 2.24) is 10.2 Å². The van der Waals surface area contributed by atoms with Gasteiger partial charge in [-0.15, -0.1) is 0 Å². The van der Waals surface area contributed by atoms with Crippen molar-refractivity contribution < 1.29 is 9.59 Å². The Bertz CT molecular complexity index is 644. The summed E-state index contributed by atoms with van der Waals surface area (Å²) in [6.07, 6.45) is 13.3. The van der Waals surface area contributed by atoms with E-state index in [4.69, 9.17) is 0 Å². The smallest absolute Gasteiger partial charge is 0.243 e. The molecule has 6 aliphatic rings. The van der Waals surface area contributed by atoms with Gasteiger partial charge < -0.3 is 10.2 Å². The molecule has 4 nitrogen and oxygen atoms in total. The van der Waals surface area contributed by atoms with Gasteiger partial charge in [-0.3, -0.25) is 9.59 Å². The largest absolute Gasteiger partial charge is 0.350 e. The maximum Gasteiger partial charge on any atom is 0.243 e. The van der Waals surface area contributed by atoms with Crippen LogP contribution in [0, 0.1) is 35.0 Å². The Morgan fingerprint density at radius 1 is 0.862 bits per heavy atom. The molecule has 0 aromatic heterocycles. The lowest BCUT2D eigenvalue weighted by atomic mass is 9.49. The molecule has 0 aromatic carbocycles. The van der Waals surface area contributed by atoms with Crippen molar-refractivity contribution in [2.75, 3.05) is 6.54 Å². The third kappa shape index (κ3) is 3.63. The van der Waals surface area contributed by atoms with Crippen molar-refractivity contribution in [3.05, 3.63) is 0 Å². The topological polar surface area (TPSA) is 49.4 Å². The van der Waals surface area contributed by atoms with Crippen LogP contribution in [0.25, 0.3) is 0 Å². The number of amides is 2. The average Bonchev–Trinajstić information content (AvgIpc) is 2.64. The summed E-state index contributed by atoms with van der Waals surface area (Å²) in [5.41, 5.74) is -0.396. The quantitative estimate of drug-likeness (QED) is 0.741. The second-order valence-corrected chi connectivity index (χ2v) is 12.5. The predicted octanol–water partition coefficient (Wildman–Crippen LogP) is 4.52. The van der Waals surface area contributed by atoms with Gasteiger partial charge in [-0.1, -0.05) is 19.3 Å². The highest BCUT2D eigenvalue weighted by Crippen LogP contribution is 2.61. The van der Waals surface area contributed by atoms with Gasteiger partial charge in [0.1, 0.15) is 6.04 Å². The average molecular weight is 401 g/mol. The zero-order valence-corrected chi connectivity index (χ0v) is 18.7. The van der Waals surface area contributed by atoms with Crippen LogP contribution in [0.15, 0.2) is 0 Å².